The first-order chi connectivity index (χ1) is 13.6. The van der Waals surface area contributed by atoms with Crippen LogP contribution in [0.3, 0.4) is 0 Å². The highest BCUT2D eigenvalue weighted by molar-refractivity contribution is 7.09. The summed E-state index contributed by atoms with van der Waals surface area (Å²) in [6.45, 7) is 4.03. The van der Waals surface area contributed by atoms with Crippen molar-refractivity contribution in [1.29, 1.82) is 0 Å². The number of carbonyl (C=O) groups is 2. The number of piperazine rings is 1. The molecule has 2 aromatic heterocycles. The topological polar surface area (TPSA) is 82.2 Å². The summed E-state index contributed by atoms with van der Waals surface area (Å²) in [5.74, 6) is -0.0216. The molecule has 3 aromatic rings. The number of hydrogen-bond acceptors (Lipinski definition) is 5. The molecule has 1 aliphatic rings. The SMILES string of the molecule is Cc1csc(CC(=O)N2CCN(C(=O)c3cc(-c4ccccc4)n[nH]3)CC2)n1. The molecule has 7 nitrogen and oxygen atoms in total. The number of thiazole rings is 1. The van der Waals surface area contributed by atoms with Gasteiger partial charge in [0.2, 0.25) is 5.91 Å². The minimum atomic E-state index is -0.0858. The number of aromatic amines is 1. The van der Waals surface area contributed by atoms with Crippen molar-refractivity contribution in [2.24, 2.45) is 0 Å². The Morgan fingerprint density at radius 1 is 1.11 bits per heavy atom. The average Bonchev–Trinajstić information content (AvgIpc) is 3.37. The van der Waals surface area contributed by atoms with Crippen LogP contribution in [0.4, 0.5) is 0 Å². The van der Waals surface area contributed by atoms with Crippen molar-refractivity contribution >= 4 is 23.2 Å². The molecule has 0 atom stereocenters. The second-order valence-corrected chi connectivity index (χ2v) is 7.71. The maximum atomic E-state index is 12.8. The zero-order valence-corrected chi connectivity index (χ0v) is 16.4. The van der Waals surface area contributed by atoms with Gasteiger partial charge in [-0.2, -0.15) is 5.10 Å². The quantitative estimate of drug-likeness (QED) is 0.735. The smallest absolute Gasteiger partial charge is 0.272 e. The van der Waals surface area contributed by atoms with Gasteiger partial charge in [0.15, 0.2) is 0 Å². The van der Waals surface area contributed by atoms with E-state index in [1.807, 2.05) is 47.5 Å². The van der Waals surface area contributed by atoms with Crippen molar-refractivity contribution in [2.45, 2.75) is 13.3 Å². The number of benzene rings is 1. The summed E-state index contributed by atoms with van der Waals surface area (Å²) in [4.78, 5) is 33.1. The lowest BCUT2D eigenvalue weighted by Gasteiger charge is -2.34. The molecule has 0 bridgehead atoms. The number of aryl methyl sites for hydroxylation is 1. The van der Waals surface area contributed by atoms with E-state index in [4.69, 9.17) is 0 Å². The number of H-pyrrole nitrogens is 1. The Kier molecular flexibility index (Phi) is 5.21. The van der Waals surface area contributed by atoms with Crippen molar-refractivity contribution in [2.75, 3.05) is 26.2 Å². The fourth-order valence-electron chi connectivity index (χ4n) is 3.24. The number of nitrogens with zero attached hydrogens (tertiary/aromatic N) is 4. The molecule has 144 valence electrons. The maximum absolute atomic E-state index is 12.8. The predicted molar refractivity (Wildman–Crippen MR) is 107 cm³/mol. The van der Waals surface area contributed by atoms with Crippen molar-refractivity contribution in [3.63, 3.8) is 0 Å². The monoisotopic (exact) mass is 395 g/mol. The molecule has 28 heavy (non-hydrogen) atoms. The number of aromatic nitrogens is 3. The van der Waals surface area contributed by atoms with Crippen LogP contribution in [-0.4, -0.2) is 63.0 Å². The van der Waals surface area contributed by atoms with Crippen LogP contribution in [0.1, 0.15) is 21.2 Å². The molecule has 1 N–H and O–H groups in total. The highest BCUT2D eigenvalue weighted by Crippen LogP contribution is 2.18. The Hall–Kier alpha value is -3.00. The van der Waals surface area contributed by atoms with Gasteiger partial charge in [0.05, 0.1) is 12.1 Å². The van der Waals surface area contributed by atoms with Crippen LogP contribution in [0.2, 0.25) is 0 Å². The molecule has 0 unspecified atom stereocenters. The number of amides is 2. The summed E-state index contributed by atoms with van der Waals surface area (Å²) in [6, 6.07) is 11.5. The van der Waals surface area contributed by atoms with E-state index >= 15 is 0 Å². The molecule has 4 rings (SSSR count). The first-order valence-corrected chi connectivity index (χ1v) is 10.1. The highest BCUT2D eigenvalue weighted by Gasteiger charge is 2.26. The van der Waals surface area contributed by atoms with Crippen LogP contribution in [0, 0.1) is 6.92 Å². The third-order valence-electron chi connectivity index (χ3n) is 4.77. The van der Waals surface area contributed by atoms with Gasteiger partial charge in [0.1, 0.15) is 10.7 Å². The van der Waals surface area contributed by atoms with E-state index in [0.29, 0.717) is 38.3 Å². The minimum Gasteiger partial charge on any atom is -0.339 e. The van der Waals surface area contributed by atoms with E-state index in [-0.39, 0.29) is 11.8 Å². The zero-order chi connectivity index (χ0) is 19.5. The second kappa shape index (κ2) is 7.93. The number of hydrogen-bond donors (Lipinski definition) is 1. The van der Waals surface area contributed by atoms with E-state index in [1.54, 1.807) is 11.0 Å². The fraction of sp³-hybridized carbons (Fsp3) is 0.300. The molecule has 0 saturated carbocycles. The first kappa shape index (κ1) is 18.4. The first-order valence-electron chi connectivity index (χ1n) is 9.19. The molecule has 0 aliphatic carbocycles. The van der Waals surface area contributed by atoms with Gasteiger partial charge in [-0.25, -0.2) is 4.98 Å². The summed E-state index contributed by atoms with van der Waals surface area (Å²) in [5, 5.41) is 9.88. The van der Waals surface area contributed by atoms with Crippen molar-refractivity contribution < 1.29 is 9.59 Å². The third-order valence-corrected chi connectivity index (χ3v) is 5.73. The van der Waals surface area contributed by atoms with E-state index in [1.165, 1.54) is 11.3 Å². The van der Waals surface area contributed by atoms with Crippen molar-refractivity contribution in [1.82, 2.24) is 25.0 Å². The molecular weight excluding hydrogens is 374 g/mol. The Bertz CT molecular complexity index is 973. The van der Waals surface area contributed by atoms with Gasteiger partial charge in [-0.1, -0.05) is 30.3 Å². The summed E-state index contributed by atoms with van der Waals surface area (Å²) in [5.41, 5.74) is 3.12. The van der Waals surface area contributed by atoms with E-state index in [9.17, 15) is 9.59 Å². The van der Waals surface area contributed by atoms with Crippen LogP contribution in [0.15, 0.2) is 41.8 Å². The number of nitrogens with one attached hydrogen (secondary N) is 1. The van der Waals surface area contributed by atoms with Gasteiger partial charge in [-0.3, -0.25) is 14.7 Å². The lowest BCUT2D eigenvalue weighted by atomic mass is 10.1. The predicted octanol–water partition coefficient (Wildman–Crippen LogP) is 2.37. The van der Waals surface area contributed by atoms with E-state index in [0.717, 1.165) is 22.0 Å². The molecule has 1 fully saturated rings. The van der Waals surface area contributed by atoms with Gasteiger partial charge in [-0.05, 0) is 13.0 Å². The standard InChI is InChI=1S/C20H21N5O2S/c1-14-13-28-18(21-14)12-19(26)24-7-9-25(10-8-24)20(27)17-11-16(22-23-17)15-5-3-2-4-6-15/h2-6,11,13H,7-10,12H2,1H3,(H,22,23). The molecule has 1 aliphatic heterocycles. The largest absolute Gasteiger partial charge is 0.339 e. The van der Waals surface area contributed by atoms with Crippen LogP contribution in [0.5, 0.6) is 0 Å². The Morgan fingerprint density at radius 3 is 2.50 bits per heavy atom. The van der Waals surface area contributed by atoms with Crippen LogP contribution >= 0.6 is 11.3 Å². The second-order valence-electron chi connectivity index (χ2n) is 6.77. The van der Waals surface area contributed by atoms with E-state index < -0.39 is 0 Å². The minimum absolute atomic E-state index is 0.0642. The summed E-state index contributed by atoms with van der Waals surface area (Å²) < 4.78 is 0. The molecule has 2 amide bonds. The molecule has 0 radical (unpaired) electrons. The summed E-state index contributed by atoms with van der Waals surface area (Å²) in [6.07, 6.45) is 0.327. The van der Waals surface area contributed by atoms with Gasteiger partial charge in [0.25, 0.3) is 5.91 Å². The van der Waals surface area contributed by atoms with E-state index in [2.05, 4.69) is 15.2 Å². The van der Waals surface area contributed by atoms with Crippen molar-refractivity contribution in [3.8, 4) is 11.3 Å². The van der Waals surface area contributed by atoms with Crippen LogP contribution < -0.4 is 0 Å². The summed E-state index contributed by atoms with van der Waals surface area (Å²) >= 11 is 1.51. The normalized spacial score (nSPS) is 14.3. The molecule has 8 heteroatoms. The Morgan fingerprint density at radius 2 is 1.82 bits per heavy atom. The molecule has 0 spiro atoms. The Labute approximate surface area is 167 Å². The van der Waals surface area contributed by atoms with Gasteiger partial charge in [0, 0.05) is 42.8 Å². The summed E-state index contributed by atoms with van der Waals surface area (Å²) in [7, 11) is 0. The highest BCUT2D eigenvalue weighted by atomic mass is 32.1. The maximum Gasteiger partial charge on any atom is 0.272 e. The Balaban J connectivity index is 1.34. The molecule has 1 aromatic carbocycles. The van der Waals surface area contributed by atoms with Gasteiger partial charge >= 0.3 is 0 Å². The van der Waals surface area contributed by atoms with Crippen molar-refractivity contribution in [3.05, 3.63) is 58.2 Å². The van der Waals surface area contributed by atoms with Gasteiger partial charge < -0.3 is 9.80 Å². The van der Waals surface area contributed by atoms with Crippen LogP contribution in [0.25, 0.3) is 11.3 Å². The fourth-order valence-corrected chi connectivity index (χ4v) is 4.01. The number of rotatable bonds is 4. The van der Waals surface area contributed by atoms with Gasteiger partial charge in [-0.15, -0.1) is 11.3 Å². The number of carbonyl (C=O) groups excluding carboxylic acids is 2. The molecule has 3 heterocycles. The lowest BCUT2D eigenvalue weighted by Crippen LogP contribution is -2.51. The molecule has 1 saturated heterocycles. The molecular formula is C20H21N5O2S. The zero-order valence-electron chi connectivity index (χ0n) is 15.6. The average molecular weight is 395 g/mol. The lowest BCUT2D eigenvalue weighted by molar-refractivity contribution is -0.131. The van der Waals surface area contributed by atoms with Crippen LogP contribution in [-0.2, 0) is 11.2 Å². The third kappa shape index (κ3) is 3.96.